The number of rotatable bonds is 4. The van der Waals surface area contributed by atoms with Gasteiger partial charge in [-0.15, -0.1) is 11.3 Å². The summed E-state index contributed by atoms with van der Waals surface area (Å²) in [5.41, 5.74) is 3.40. The molecule has 1 fully saturated rings. The van der Waals surface area contributed by atoms with Gasteiger partial charge in [0.15, 0.2) is 0 Å². The lowest BCUT2D eigenvalue weighted by molar-refractivity contribution is -0.127. The van der Waals surface area contributed by atoms with Crippen molar-refractivity contribution in [3.8, 4) is 10.4 Å². The van der Waals surface area contributed by atoms with E-state index in [1.165, 1.54) is 4.88 Å². The molecule has 4 rings (SSSR count). The molecule has 3 aromatic rings. The highest BCUT2D eigenvalue weighted by molar-refractivity contribution is 7.13. The van der Waals surface area contributed by atoms with Crippen LogP contribution in [-0.2, 0) is 23.7 Å². The van der Waals surface area contributed by atoms with E-state index in [2.05, 4.69) is 54.8 Å². The third kappa shape index (κ3) is 4.42. The molecule has 1 N–H and O–H groups in total. The van der Waals surface area contributed by atoms with E-state index in [0.717, 1.165) is 16.8 Å². The first-order valence-electron chi connectivity index (χ1n) is 10.5. The van der Waals surface area contributed by atoms with Gasteiger partial charge in [0.1, 0.15) is 11.7 Å². The van der Waals surface area contributed by atoms with Crippen LogP contribution in [0, 0.1) is 0 Å². The Hall–Kier alpha value is -2.93. The predicted octanol–water partition coefficient (Wildman–Crippen LogP) is 3.63. The molecule has 0 spiro atoms. The molecular formula is C24H28N4O2S. The lowest BCUT2D eigenvalue weighted by atomic mass is 9.92. The summed E-state index contributed by atoms with van der Waals surface area (Å²) in [7, 11) is 1.78. The molecule has 1 aromatic carbocycles. The molecule has 31 heavy (non-hydrogen) atoms. The highest BCUT2D eigenvalue weighted by atomic mass is 32.1. The summed E-state index contributed by atoms with van der Waals surface area (Å²) in [5, 5.41) is 9.50. The first-order chi connectivity index (χ1) is 14.7. The van der Waals surface area contributed by atoms with Crippen LogP contribution < -0.4 is 5.32 Å². The Kier molecular flexibility index (Phi) is 5.71. The minimum atomic E-state index is -0.540. The first-order valence-corrected chi connectivity index (χ1v) is 11.4. The third-order valence-electron chi connectivity index (χ3n) is 5.65. The number of hydrogen-bond donors (Lipinski definition) is 1. The van der Waals surface area contributed by atoms with E-state index in [0.29, 0.717) is 25.2 Å². The number of thiophene rings is 1. The average Bonchev–Trinajstić information content (AvgIpc) is 3.39. The number of benzene rings is 1. The van der Waals surface area contributed by atoms with Crippen LogP contribution in [0.5, 0.6) is 0 Å². The smallest absolute Gasteiger partial charge is 0.272 e. The number of carbonyl (C=O) groups is 2. The fourth-order valence-electron chi connectivity index (χ4n) is 3.81. The maximum absolute atomic E-state index is 13.4. The zero-order chi connectivity index (χ0) is 22.2. The molecule has 0 unspecified atom stereocenters. The minimum Gasteiger partial charge on any atom is -0.353 e. The molecule has 3 heterocycles. The number of piperazine rings is 1. The largest absolute Gasteiger partial charge is 0.353 e. The van der Waals surface area contributed by atoms with E-state index in [1.54, 1.807) is 28.0 Å². The summed E-state index contributed by atoms with van der Waals surface area (Å²) in [4.78, 5) is 29.0. The van der Waals surface area contributed by atoms with E-state index in [-0.39, 0.29) is 17.2 Å². The summed E-state index contributed by atoms with van der Waals surface area (Å²) in [5.74, 6) is -0.263. The second kappa shape index (κ2) is 8.30. The SMILES string of the molecule is Cn1nc(C(C)(C)C)cc1C(=O)N1CCNC(=O)[C@H]1Cc1ccc(-c2cccs2)cc1. The molecule has 0 saturated carbocycles. The molecule has 7 heteroatoms. The van der Waals surface area contributed by atoms with E-state index >= 15 is 0 Å². The van der Waals surface area contributed by atoms with Crippen LogP contribution in [0.4, 0.5) is 0 Å². The first kappa shape index (κ1) is 21.3. The van der Waals surface area contributed by atoms with Crippen LogP contribution >= 0.6 is 11.3 Å². The average molecular weight is 437 g/mol. The Labute approximate surface area is 186 Å². The van der Waals surface area contributed by atoms with Gasteiger partial charge in [0.2, 0.25) is 5.91 Å². The molecule has 2 aromatic heterocycles. The summed E-state index contributed by atoms with van der Waals surface area (Å²) in [6, 6.07) is 13.7. The molecular weight excluding hydrogens is 408 g/mol. The van der Waals surface area contributed by atoms with Gasteiger partial charge in [0.25, 0.3) is 5.91 Å². The fourth-order valence-corrected chi connectivity index (χ4v) is 4.55. The Balaban J connectivity index is 1.57. The summed E-state index contributed by atoms with van der Waals surface area (Å²) < 4.78 is 1.63. The van der Waals surface area contributed by atoms with Gasteiger partial charge in [0.05, 0.1) is 5.69 Å². The Morgan fingerprint density at radius 2 is 1.97 bits per heavy atom. The maximum Gasteiger partial charge on any atom is 0.272 e. The number of amides is 2. The van der Waals surface area contributed by atoms with Gasteiger partial charge in [0, 0.05) is 36.9 Å². The number of nitrogens with one attached hydrogen (secondary N) is 1. The summed E-state index contributed by atoms with van der Waals surface area (Å²) in [6.45, 7) is 7.16. The Morgan fingerprint density at radius 3 is 2.58 bits per heavy atom. The van der Waals surface area contributed by atoms with E-state index in [9.17, 15) is 9.59 Å². The van der Waals surface area contributed by atoms with Crippen LogP contribution in [0.2, 0.25) is 0 Å². The highest BCUT2D eigenvalue weighted by Gasteiger charge is 2.35. The zero-order valence-electron chi connectivity index (χ0n) is 18.4. The number of hydrogen-bond acceptors (Lipinski definition) is 4. The van der Waals surface area contributed by atoms with Crippen molar-refractivity contribution in [2.24, 2.45) is 7.05 Å². The van der Waals surface area contributed by atoms with Gasteiger partial charge in [-0.2, -0.15) is 5.10 Å². The fraction of sp³-hybridized carbons (Fsp3) is 0.375. The van der Waals surface area contributed by atoms with Crippen molar-refractivity contribution in [3.05, 3.63) is 64.8 Å². The normalized spacial score (nSPS) is 17.0. The standard InChI is InChI=1S/C24H28N4O2S/c1-24(2,3)21-15-19(27(4)26-21)23(30)28-12-11-25-22(29)18(28)14-16-7-9-17(10-8-16)20-6-5-13-31-20/h5-10,13,15,18H,11-12,14H2,1-4H3,(H,25,29)/t18-/m1/s1. The monoisotopic (exact) mass is 436 g/mol. The molecule has 1 atom stereocenters. The molecule has 0 aliphatic carbocycles. The van der Waals surface area contributed by atoms with E-state index in [1.807, 2.05) is 24.3 Å². The Bertz CT molecular complexity index is 1080. The molecule has 1 aliphatic rings. The van der Waals surface area contributed by atoms with Gasteiger partial charge < -0.3 is 10.2 Å². The van der Waals surface area contributed by atoms with Crippen molar-refractivity contribution in [3.63, 3.8) is 0 Å². The van der Waals surface area contributed by atoms with Crippen LogP contribution in [0.25, 0.3) is 10.4 Å². The van der Waals surface area contributed by atoms with E-state index in [4.69, 9.17) is 0 Å². The third-order valence-corrected chi connectivity index (χ3v) is 6.57. The second-order valence-corrected chi connectivity index (χ2v) is 9.92. The zero-order valence-corrected chi connectivity index (χ0v) is 19.2. The molecule has 6 nitrogen and oxygen atoms in total. The van der Waals surface area contributed by atoms with Crippen molar-refractivity contribution in [1.82, 2.24) is 20.0 Å². The molecule has 162 valence electrons. The lowest BCUT2D eigenvalue weighted by Gasteiger charge is -2.35. The van der Waals surface area contributed by atoms with Crippen LogP contribution in [0.15, 0.2) is 47.8 Å². The molecule has 0 radical (unpaired) electrons. The van der Waals surface area contributed by atoms with Crippen molar-refractivity contribution in [2.45, 2.75) is 38.6 Å². The molecule has 0 bridgehead atoms. The van der Waals surface area contributed by atoms with Gasteiger partial charge in [-0.25, -0.2) is 0 Å². The van der Waals surface area contributed by atoms with Gasteiger partial charge in [-0.05, 0) is 28.6 Å². The lowest BCUT2D eigenvalue weighted by Crippen LogP contribution is -2.58. The summed E-state index contributed by atoms with van der Waals surface area (Å²) in [6.07, 6.45) is 0.478. The van der Waals surface area contributed by atoms with Crippen LogP contribution in [0.3, 0.4) is 0 Å². The number of aromatic nitrogens is 2. The molecule has 1 aliphatic heterocycles. The topological polar surface area (TPSA) is 67.2 Å². The quantitative estimate of drug-likeness (QED) is 0.679. The highest BCUT2D eigenvalue weighted by Crippen LogP contribution is 2.26. The van der Waals surface area contributed by atoms with Crippen molar-refractivity contribution < 1.29 is 9.59 Å². The van der Waals surface area contributed by atoms with Crippen molar-refractivity contribution in [1.29, 1.82) is 0 Å². The van der Waals surface area contributed by atoms with Crippen LogP contribution in [0.1, 0.15) is 42.5 Å². The summed E-state index contributed by atoms with van der Waals surface area (Å²) >= 11 is 1.70. The van der Waals surface area contributed by atoms with E-state index < -0.39 is 6.04 Å². The van der Waals surface area contributed by atoms with Gasteiger partial charge in [-0.1, -0.05) is 51.1 Å². The maximum atomic E-state index is 13.4. The second-order valence-electron chi connectivity index (χ2n) is 8.97. The number of carbonyl (C=O) groups excluding carboxylic acids is 2. The van der Waals surface area contributed by atoms with Crippen LogP contribution in [-0.4, -0.2) is 45.6 Å². The van der Waals surface area contributed by atoms with Gasteiger partial charge in [-0.3, -0.25) is 14.3 Å². The minimum absolute atomic E-state index is 0.111. The predicted molar refractivity (Wildman–Crippen MR) is 123 cm³/mol. The van der Waals surface area contributed by atoms with Crippen molar-refractivity contribution in [2.75, 3.05) is 13.1 Å². The number of nitrogens with zero attached hydrogens (tertiary/aromatic N) is 3. The Morgan fingerprint density at radius 1 is 1.23 bits per heavy atom. The van der Waals surface area contributed by atoms with Crippen molar-refractivity contribution >= 4 is 23.2 Å². The molecule has 1 saturated heterocycles. The number of aryl methyl sites for hydroxylation is 1. The molecule has 2 amide bonds. The van der Waals surface area contributed by atoms with Gasteiger partial charge >= 0.3 is 0 Å².